The molecule has 0 saturated carbocycles. The van der Waals surface area contributed by atoms with E-state index < -0.39 is 29.1 Å². The quantitative estimate of drug-likeness (QED) is 0.217. The van der Waals surface area contributed by atoms with E-state index >= 15 is 0 Å². The first-order valence-electron chi connectivity index (χ1n) is 16.5. The number of benzene rings is 1. The van der Waals surface area contributed by atoms with Crippen LogP contribution in [0, 0.1) is 0 Å². The molecule has 1 aliphatic rings. The number of nitrogens with zero attached hydrogens (tertiary/aromatic N) is 6. The Bertz CT molecular complexity index is 2000. The van der Waals surface area contributed by atoms with Gasteiger partial charge >= 0.3 is 17.9 Å². The maximum absolute atomic E-state index is 14.2. The fourth-order valence-electron chi connectivity index (χ4n) is 5.74. The van der Waals surface area contributed by atoms with Crippen LogP contribution in [0.3, 0.4) is 0 Å². The molecule has 1 aromatic carbocycles. The Hall–Kier alpha value is -4.42. The topological polar surface area (TPSA) is 132 Å². The first kappa shape index (κ1) is 36.9. The number of aromatic nitrogens is 4. The molecule has 0 aliphatic carbocycles. The number of ether oxygens (including phenoxy) is 2. The van der Waals surface area contributed by atoms with Crippen LogP contribution in [0.1, 0.15) is 73.8 Å². The third-order valence-corrected chi connectivity index (χ3v) is 8.44. The number of carbonyl (C=O) groups is 2. The van der Waals surface area contributed by atoms with Crippen LogP contribution in [0.15, 0.2) is 47.3 Å². The van der Waals surface area contributed by atoms with E-state index in [0.29, 0.717) is 36.5 Å². The van der Waals surface area contributed by atoms with Gasteiger partial charge in [0.1, 0.15) is 34.2 Å². The van der Waals surface area contributed by atoms with Crippen molar-refractivity contribution in [2.45, 2.75) is 85.5 Å². The molecule has 4 aromatic rings. The van der Waals surface area contributed by atoms with Crippen molar-refractivity contribution in [1.29, 1.82) is 0 Å². The summed E-state index contributed by atoms with van der Waals surface area (Å²) in [4.78, 5) is 57.4. The molecule has 266 valence electrons. The number of hydrogen-bond acceptors (Lipinski definition) is 9. The second kappa shape index (κ2) is 14.1. The highest BCUT2D eigenvalue weighted by Gasteiger charge is 2.33. The monoisotopic (exact) mass is 723 g/mol. The first-order valence-corrected chi connectivity index (χ1v) is 17.2. The van der Waals surface area contributed by atoms with Crippen LogP contribution in [-0.4, -0.2) is 73.5 Å². The molecular weight excluding hydrogens is 681 g/mol. The molecule has 1 aliphatic heterocycles. The van der Waals surface area contributed by atoms with Crippen LogP contribution in [-0.2, 0) is 9.47 Å². The minimum Gasteiger partial charge on any atom is -0.444 e. The molecule has 14 heteroatoms. The third kappa shape index (κ3) is 8.13. The van der Waals surface area contributed by atoms with Gasteiger partial charge in [0.25, 0.3) is 0 Å². The van der Waals surface area contributed by atoms with Gasteiger partial charge in [0.15, 0.2) is 5.65 Å². The Morgan fingerprint density at radius 3 is 2.20 bits per heavy atom. The largest absolute Gasteiger partial charge is 0.444 e. The highest BCUT2D eigenvalue weighted by Crippen LogP contribution is 2.37. The summed E-state index contributed by atoms with van der Waals surface area (Å²) in [5.41, 5.74) is 0.342. The summed E-state index contributed by atoms with van der Waals surface area (Å²) in [5, 5.41) is 3.58. The fourth-order valence-corrected chi connectivity index (χ4v) is 6.17. The van der Waals surface area contributed by atoms with Crippen molar-refractivity contribution >= 4 is 58.1 Å². The van der Waals surface area contributed by atoms with Crippen molar-refractivity contribution < 1.29 is 19.1 Å². The fraction of sp³-hybridized carbons (Fsp3) is 0.444. The van der Waals surface area contributed by atoms with Gasteiger partial charge in [-0.15, -0.1) is 0 Å². The van der Waals surface area contributed by atoms with E-state index in [1.807, 2.05) is 70.7 Å². The highest BCUT2D eigenvalue weighted by molar-refractivity contribution is 6.36. The lowest BCUT2D eigenvalue weighted by atomic mass is 10.0. The molecule has 1 atom stereocenters. The first-order chi connectivity index (χ1) is 23.3. The van der Waals surface area contributed by atoms with Crippen LogP contribution in [0.2, 0.25) is 10.0 Å². The van der Waals surface area contributed by atoms with Gasteiger partial charge in [-0.2, -0.15) is 4.98 Å². The number of pyridine rings is 2. The Morgan fingerprint density at radius 1 is 0.900 bits per heavy atom. The number of carbonyl (C=O) groups excluding carboxylic acids is 2. The normalized spacial score (nSPS) is 15.4. The summed E-state index contributed by atoms with van der Waals surface area (Å²) in [6.45, 7) is 17.9. The molecule has 3 aromatic heterocycles. The molecule has 4 heterocycles. The molecule has 0 spiro atoms. The van der Waals surface area contributed by atoms with Gasteiger partial charge in [-0.1, -0.05) is 55.2 Å². The number of amides is 2. The summed E-state index contributed by atoms with van der Waals surface area (Å²) in [5.74, 6) is 0.637. The summed E-state index contributed by atoms with van der Waals surface area (Å²) in [6, 6.07) is 12.2. The molecule has 0 bridgehead atoms. The second-order valence-electron chi connectivity index (χ2n) is 14.6. The van der Waals surface area contributed by atoms with E-state index in [1.165, 1.54) is 4.57 Å². The van der Waals surface area contributed by atoms with E-state index in [4.69, 9.17) is 37.7 Å². The number of hydrogen-bond donors (Lipinski definition) is 1. The van der Waals surface area contributed by atoms with Gasteiger partial charge in [-0.3, -0.25) is 5.32 Å². The molecule has 5 rings (SSSR count). The van der Waals surface area contributed by atoms with Gasteiger partial charge in [0.2, 0.25) is 0 Å². The smallest absolute Gasteiger partial charge is 0.413 e. The number of halogens is 2. The van der Waals surface area contributed by atoms with Crippen LogP contribution in [0.25, 0.3) is 28.1 Å². The van der Waals surface area contributed by atoms with Crippen molar-refractivity contribution in [3.8, 4) is 17.1 Å². The predicted octanol–water partition coefficient (Wildman–Crippen LogP) is 8.07. The summed E-state index contributed by atoms with van der Waals surface area (Å²) in [6.07, 6.45) is -1.09. The molecule has 2 amide bonds. The number of fused-ring (bicyclic) bond motifs is 1. The van der Waals surface area contributed by atoms with Crippen molar-refractivity contribution in [2.75, 3.05) is 29.9 Å². The van der Waals surface area contributed by atoms with Crippen molar-refractivity contribution in [2.24, 2.45) is 0 Å². The summed E-state index contributed by atoms with van der Waals surface area (Å²) in [7, 11) is 0. The molecule has 1 fully saturated rings. The molecule has 1 N–H and O–H groups in total. The zero-order valence-corrected chi connectivity index (χ0v) is 31.3. The van der Waals surface area contributed by atoms with Crippen molar-refractivity contribution in [1.82, 2.24) is 24.4 Å². The number of rotatable bonds is 5. The number of anilines is 2. The minimum atomic E-state index is -0.718. The van der Waals surface area contributed by atoms with Crippen LogP contribution in [0.4, 0.5) is 21.2 Å². The van der Waals surface area contributed by atoms with E-state index in [1.54, 1.807) is 43.9 Å². The zero-order chi connectivity index (χ0) is 36.7. The summed E-state index contributed by atoms with van der Waals surface area (Å²) < 4.78 is 12.5. The van der Waals surface area contributed by atoms with E-state index in [-0.39, 0.29) is 44.9 Å². The van der Waals surface area contributed by atoms with Crippen LogP contribution in [0.5, 0.6) is 0 Å². The van der Waals surface area contributed by atoms with Crippen molar-refractivity contribution in [3.63, 3.8) is 0 Å². The molecule has 12 nitrogen and oxygen atoms in total. The highest BCUT2D eigenvalue weighted by atomic mass is 35.5. The van der Waals surface area contributed by atoms with Gasteiger partial charge in [-0.05, 0) is 84.2 Å². The predicted molar refractivity (Wildman–Crippen MR) is 197 cm³/mol. The standard InChI is InChI=1S/C36H43Cl2N7O5/c1-20(2)22-12-10-11-13-26(22)45-31-23(30(42-32(45)46)44-17-16-43(19-21(44)3)34(48)50-36(7,8)9)18-25(38)29(41-31)28-24(37)14-15-27(39-28)40-33(47)49-35(4,5)6/h10-15,18,20-21H,16-17,19H2,1-9H3,(H,39,40,47). The van der Waals surface area contributed by atoms with Gasteiger partial charge in [0, 0.05) is 25.7 Å². The maximum atomic E-state index is 14.2. The van der Waals surface area contributed by atoms with Gasteiger partial charge in [-0.25, -0.2) is 28.9 Å². The lowest BCUT2D eigenvalue weighted by Gasteiger charge is -2.41. The van der Waals surface area contributed by atoms with Crippen LogP contribution >= 0.6 is 23.2 Å². The Kier molecular flexibility index (Phi) is 10.4. The lowest BCUT2D eigenvalue weighted by molar-refractivity contribution is 0.0218. The molecule has 1 unspecified atom stereocenters. The molecular formula is C36H43Cl2N7O5. The van der Waals surface area contributed by atoms with E-state index in [2.05, 4.69) is 15.3 Å². The average molecular weight is 725 g/mol. The Balaban J connectivity index is 1.67. The second-order valence-corrected chi connectivity index (χ2v) is 15.4. The molecule has 0 radical (unpaired) electrons. The Morgan fingerprint density at radius 2 is 1.56 bits per heavy atom. The number of nitrogens with one attached hydrogen (secondary N) is 1. The van der Waals surface area contributed by atoms with E-state index in [9.17, 15) is 14.4 Å². The average Bonchev–Trinajstić information content (AvgIpc) is 3.00. The SMILES string of the molecule is CC(C)c1ccccc1-n1c(=O)nc(N2CCN(C(=O)OC(C)(C)C)CC2C)c2cc(Cl)c(-c3nc(NC(=O)OC(C)(C)C)ccc3Cl)nc21. The van der Waals surface area contributed by atoms with Crippen LogP contribution < -0.4 is 15.9 Å². The number of piperazine rings is 1. The number of para-hydroxylation sites is 1. The van der Waals surface area contributed by atoms with Gasteiger partial charge < -0.3 is 19.3 Å². The Labute approximate surface area is 301 Å². The molecule has 50 heavy (non-hydrogen) atoms. The van der Waals surface area contributed by atoms with Gasteiger partial charge in [0.05, 0.1) is 21.1 Å². The third-order valence-electron chi connectivity index (χ3n) is 7.85. The van der Waals surface area contributed by atoms with E-state index in [0.717, 1.165) is 5.56 Å². The lowest BCUT2D eigenvalue weighted by Crippen LogP contribution is -2.55. The summed E-state index contributed by atoms with van der Waals surface area (Å²) >= 11 is 13.6. The zero-order valence-electron chi connectivity index (χ0n) is 29.8. The van der Waals surface area contributed by atoms with Crippen molar-refractivity contribution in [3.05, 3.63) is 68.6 Å². The maximum Gasteiger partial charge on any atom is 0.413 e. The minimum absolute atomic E-state index is 0.0762. The molecule has 1 saturated heterocycles.